The maximum atomic E-state index is 12.5. The first-order valence-corrected chi connectivity index (χ1v) is 7.95. The van der Waals surface area contributed by atoms with E-state index in [4.69, 9.17) is 0 Å². The summed E-state index contributed by atoms with van der Waals surface area (Å²) in [6.45, 7) is 0. The summed E-state index contributed by atoms with van der Waals surface area (Å²) in [5, 5.41) is 3.29. The standard InChI is InChI=1S/C16H10BrF3N4O2/c17-11-5-7-12(8-6-11)22-23-14(25)10-3-1-9(2-4-10)13-21-15(26-24-13)16(18,19)20/h1-8,22H,(H,23,25). The van der Waals surface area contributed by atoms with Crippen LogP contribution in [0.5, 0.6) is 0 Å². The Morgan fingerprint density at radius 2 is 1.69 bits per heavy atom. The zero-order valence-electron chi connectivity index (χ0n) is 12.8. The molecule has 0 unspecified atom stereocenters. The fourth-order valence-corrected chi connectivity index (χ4v) is 2.23. The maximum absolute atomic E-state index is 12.5. The first-order chi connectivity index (χ1) is 12.3. The Hall–Kier alpha value is -2.88. The highest BCUT2D eigenvalue weighted by Gasteiger charge is 2.38. The number of amides is 1. The second-order valence-electron chi connectivity index (χ2n) is 5.08. The van der Waals surface area contributed by atoms with Gasteiger partial charge >= 0.3 is 12.1 Å². The van der Waals surface area contributed by atoms with Gasteiger partial charge in [-0.15, -0.1) is 0 Å². The molecule has 0 bridgehead atoms. The van der Waals surface area contributed by atoms with E-state index in [1.165, 1.54) is 24.3 Å². The molecule has 0 radical (unpaired) electrons. The number of carbonyl (C=O) groups excluding carboxylic acids is 1. The molecule has 0 saturated carbocycles. The monoisotopic (exact) mass is 426 g/mol. The third kappa shape index (κ3) is 4.20. The molecule has 2 N–H and O–H groups in total. The van der Waals surface area contributed by atoms with Gasteiger partial charge in [0.25, 0.3) is 5.91 Å². The first-order valence-electron chi connectivity index (χ1n) is 7.16. The fourth-order valence-electron chi connectivity index (χ4n) is 1.96. The molecule has 26 heavy (non-hydrogen) atoms. The smallest absolute Gasteiger partial charge is 0.329 e. The molecule has 1 amide bonds. The maximum Gasteiger partial charge on any atom is 0.471 e. The minimum atomic E-state index is -4.70. The summed E-state index contributed by atoms with van der Waals surface area (Å²) in [5.41, 5.74) is 6.55. The van der Waals surface area contributed by atoms with E-state index in [9.17, 15) is 18.0 Å². The van der Waals surface area contributed by atoms with Crippen LogP contribution in [0.3, 0.4) is 0 Å². The lowest BCUT2D eigenvalue weighted by atomic mass is 10.1. The van der Waals surface area contributed by atoms with Gasteiger partial charge in [0, 0.05) is 15.6 Å². The average Bonchev–Trinajstić information content (AvgIpc) is 3.12. The molecule has 0 atom stereocenters. The van der Waals surface area contributed by atoms with Crippen molar-refractivity contribution in [3.63, 3.8) is 0 Å². The van der Waals surface area contributed by atoms with Gasteiger partial charge in [-0.1, -0.05) is 33.2 Å². The molecule has 3 aromatic rings. The van der Waals surface area contributed by atoms with Crippen molar-refractivity contribution < 1.29 is 22.5 Å². The predicted molar refractivity (Wildman–Crippen MR) is 90.0 cm³/mol. The molecular weight excluding hydrogens is 417 g/mol. The van der Waals surface area contributed by atoms with Crippen LogP contribution < -0.4 is 10.9 Å². The van der Waals surface area contributed by atoms with Gasteiger partial charge in [0.1, 0.15) is 0 Å². The normalized spacial score (nSPS) is 11.2. The molecule has 0 saturated heterocycles. The lowest BCUT2D eigenvalue weighted by Crippen LogP contribution is -2.29. The van der Waals surface area contributed by atoms with Crippen LogP contribution in [-0.4, -0.2) is 16.0 Å². The van der Waals surface area contributed by atoms with Crippen molar-refractivity contribution in [2.24, 2.45) is 0 Å². The Kier molecular flexibility index (Phi) is 4.94. The Labute approximate surface area is 153 Å². The van der Waals surface area contributed by atoms with Crippen LogP contribution in [0.4, 0.5) is 18.9 Å². The quantitative estimate of drug-likeness (QED) is 0.608. The number of aromatic nitrogens is 2. The van der Waals surface area contributed by atoms with Crippen molar-refractivity contribution in [1.82, 2.24) is 15.6 Å². The van der Waals surface area contributed by atoms with Crippen LogP contribution in [0.15, 0.2) is 57.5 Å². The predicted octanol–water partition coefficient (Wildman–Crippen LogP) is 4.27. The van der Waals surface area contributed by atoms with E-state index in [1.54, 1.807) is 12.1 Å². The molecule has 2 aromatic carbocycles. The summed E-state index contributed by atoms with van der Waals surface area (Å²) >= 11 is 3.31. The molecular formula is C16H10BrF3N4O2. The fraction of sp³-hybridized carbons (Fsp3) is 0.0625. The van der Waals surface area contributed by atoms with Crippen LogP contribution >= 0.6 is 15.9 Å². The SMILES string of the molecule is O=C(NNc1ccc(Br)cc1)c1ccc(-c2noc(C(F)(F)F)n2)cc1. The van der Waals surface area contributed by atoms with Gasteiger partial charge < -0.3 is 4.52 Å². The van der Waals surface area contributed by atoms with E-state index in [-0.39, 0.29) is 5.82 Å². The van der Waals surface area contributed by atoms with Gasteiger partial charge in [-0.3, -0.25) is 15.6 Å². The zero-order valence-corrected chi connectivity index (χ0v) is 14.4. The Bertz CT molecular complexity index is 908. The molecule has 134 valence electrons. The van der Waals surface area contributed by atoms with Crippen LogP contribution in [0.25, 0.3) is 11.4 Å². The number of alkyl halides is 3. The Balaban J connectivity index is 1.66. The van der Waals surface area contributed by atoms with Gasteiger partial charge in [-0.25, -0.2) is 0 Å². The number of carbonyl (C=O) groups is 1. The highest BCUT2D eigenvalue weighted by Crippen LogP contribution is 2.29. The number of halogens is 4. The summed E-state index contributed by atoms with van der Waals surface area (Å²) in [4.78, 5) is 15.4. The molecule has 1 aromatic heterocycles. The summed E-state index contributed by atoms with van der Waals surface area (Å²) in [6, 6.07) is 12.9. The van der Waals surface area contributed by atoms with Crippen molar-refractivity contribution in [2.75, 3.05) is 5.43 Å². The molecule has 0 aliphatic rings. The topological polar surface area (TPSA) is 80.0 Å². The van der Waals surface area contributed by atoms with E-state index in [2.05, 4.69) is 41.4 Å². The number of hydrogen-bond acceptors (Lipinski definition) is 5. The van der Waals surface area contributed by atoms with Crippen molar-refractivity contribution in [3.05, 3.63) is 64.5 Å². The molecule has 0 spiro atoms. The van der Waals surface area contributed by atoms with Gasteiger partial charge in [-0.05, 0) is 36.4 Å². The van der Waals surface area contributed by atoms with E-state index >= 15 is 0 Å². The summed E-state index contributed by atoms with van der Waals surface area (Å²) in [7, 11) is 0. The van der Waals surface area contributed by atoms with Crippen LogP contribution in [0, 0.1) is 0 Å². The number of benzene rings is 2. The summed E-state index contributed by atoms with van der Waals surface area (Å²) < 4.78 is 42.5. The van der Waals surface area contributed by atoms with Crippen LogP contribution in [0.1, 0.15) is 16.2 Å². The van der Waals surface area contributed by atoms with Crippen LogP contribution in [-0.2, 0) is 6.18 Å². The lowest BCUT2D eigenvalue weighted by Gasteiger charge is -2.08. The molecule has 6 nitrogen and oxygen atoms in total. The molecule has 10 heteroatoms. The number of hydrogen-bond donors (Lipinski definition) is 2. The minimum Gasteiger partial charge on any atom is -0.329 e. The average molecular weight is 427 g/mol. The second kappa shape index (κ2) is 7.16. The third-order valence-electron chi connectivity index (χ3n) is 3.24. The summed E-state index contributed by atoms with van der Waals surface area (Å²) in [6.07, 6.45) is -4.70. The van der Waals surface area contributed by atoms with E-state index in [1.807, 2.05) is 12.1 Å². The third-order valence-corrected chi connectivity index (χ3v) is 3.77. The van der Waals surface area contributed by atoms with E-state index in [0.29, 0.717) is 16.8 Å². The zero-order chi connectivity index (χ0) is 18.7. The number of nitrogens with one attached hydrogen (secondary N) is 2. The Morgan fingerprint density at radius 3 is 2.27 bits per heavy atom. The number of nitrogens with zero attached hydrogens (tertiary/aromatic N) is 2. The van der Waals surface area contributed by atoms with Crippen molar-refractivity contribution in [1.29, 1.82) is 0 Å². The minimum absolute atomic E-state index is 0.211. The molecule has 0 fully saturated rings. The highest BCUT2D eigenvalue weighted by atomic mass is 79.9. The number of rotatable bonds is 4. The van der Waals surface area contributed by atoms with Gasteiger partial charge in [0.2, 0.25) is 5.82 Å². The highest BCUT2D eigenvalue weighted by molar-refractivity contribution is 9.10. The first kappa shape index (κ1) is 17.9. The van der Waals surface area contributed by atoms with Crippen molar-refractivity contribution in [2.45, 2.75) is 6.18 Å². The molecule has 3 rings (SSSR count). The number of anilines is 1. The molecule has 1 heterocycles. The van der Waals surface area contributed by atoms with Gasteiger partial charge in [0.15, 0.2) is 0 Å². The van der Waals surface area contributed by atoms with Crippen LogP contribution in [0.2, 0.25) is 0 Å². The van der Waals surface area contributed by atoms with Gasteiger partial charge in [-0.2, -0.15) is 18.2 Å². The molecule has 0 aliphatic carbocycles. The largest absolute Gasteiger partial charge is 0.471 e. The summed E-state index contributed by atoms with van der Waals surface area (Å²) in [5.74, 6) is -2.05. The van der Waals surface area contributed by atoms with Crippen molar-refractivity contribution in [3.8, 4) is 11.4 Å². The van der Waals surface area contributed by atoms with Crippen molar-refractivity contribution >= 4 is 27.5 Å². The Morgan fingerprint density at radius 1 is 1.04 bits per heavy atom. The lowest BCUT2D eigenvalue weighted by molar-refractivity contribution is -0.159. The van der Waals surface area contributed by atoms with Gasteiger partial charge in [0.05, 0.1) is 5.69 Å². The van der Waals surface area contributed by atoms with E-state index in [0.717, 1.165) is 4.47 Å². The number of hydrazine groups is 1. The van der Waals surface area contributed by atoms with E-state index < -0.39 is 18.0 Å². The second-order valence-corrected chi connectivity index (χ2v) is 6.00. The molecule has 0 aliphatic heterocycles.